The third-order valence-electron chi connectivity index (χ3n) is 3.66. The van der Waals surface area contributed by atoms with Crippen LogP contribution in [0.15, 0.2) is 6.20 Å². The molecule has 6 heteroatoms. The van der Waals surface area contributed by atoms with Crippen molar-refractivity contribution in [3.8, 4) is 0 Å². The average Bonchev–Trinajstić information content (AvgIpc) is 2.77. The van der Waals surface area contributed by atoms with Crippen molar-refractivity contribution in [3.63, 3.8) is 0 Å². The fourth-order valence-corrected chi connectivity index (χ4v) is 2.81. The normalized spacial score (nSPS) is 19.0. The largest absolute Gasteiger partial charge is 0.364 e. The van der Waals surface area contributed by atoms with E-state index in [0.717, 1.165) is 24.0 Å². The molecule has 1 saturated carbocycles. The van der Waals surface area contributed by atoms with E-state index >= 15 is 0 Å². The van der Waals surface area contributed by atoms with E-state index in [0.29, 0.717) is 5.65 Å². The Bertz CT molecular complexity index is 559. The van der Waals surface area contributed by atoms with E-state index < -0.39 is 0 Å². The van der Waals surface area contributed by atoms with Gasteiger partial charge in [-0.3, -0.25) is 5.10 Å². The van der Waals surface area contributed by atoms with Gasteiger partial charge in [0.2, 0.25) is 5.28 Å². The molecule has 5 nitrogen and oxygen atoms in total. The van der Waals surface area contributed by atoms with Crippen LogP contribution in [-0.4, -0.2) is 25.7 Å². The molecule has 3 rings (SSSR count). The van der Waals surface area contributed by atoms with Crippen LogP contribution in [0.5, 0.6) is 0 Å². The van der Waals surface area contributed by atoms with E-state index in [4.69, 9.17) is 11.6 Å². The lowest BCUT2D eigenvalue weighted by molar-refractivity contribution is 0.349. The van der Waals surface area contributed by atoms with E-state index in [1.165, 1.54) is 19.3 Å². The molecular formula is C12H16ClN5. The van der Waals surface area contributed by atoms with Crippen LogP contribution >= 0.6 is 11.6 Å². The molecule has 1 aliphatic carbocycles. The van der Waals surface area contributed by atoms with Crippen molar-refractivity contribution in [1.29, 1.82) is 0 Å². The summed E-state index contributed by atoms with van der Waals surface area (Å²) in [7, 11) is 0. The Morgan fingerprint density at radius 2 is 2.06 bits per heavy atom. The summed E-state index contributed by atoms with van der Waals surface area (Å²) in [6.07, 6.45) is 7.90. The first-order chi connectivity index (χ1) is 8.66. The van der Waals surface area contributed by atoms with Crippen molar-refractivity contribution in [1.82, 2.24) is 20.2 Å². The number of anilines is 1. The Kier molecular flexibility index (Phi) is 2.86. The average molecular weight is 266 g/mol. The van der Waals surface area contributed by atoms with Crippen LogP contribution in [0.3, 0.4) is 0 Å². The van der Waals surface area contributed by atoms with Gasteiger partial charge in [0.25, 0.3) is 0 Å². The van der Waals surface area contributed by atoms with E-state index in [-0.39, 0.29) is 10.8 Å². The molecule has 0 amide bonds. The molecule has 0 aliphatic heterocycles. The Balaban J connectivity index is 1.96. The maximum atomic E-state index is 5.93. The molecule has 0 unspecified atom stereocenters. The first kappa shape index (κ1) is 11.7. The Hall–Kier alpha value is -1.36. The monoisotopic (exact) mass is 265 g/mol. The lowest BCUT2D eigenvalue weighted by atomic mass is 9.83. The molecule has 0 atom stereocenters. The topological polar surface area (TPSA) is 66.5 Å². The molecule has 0 bridgehead atoms. The van der Waals surface area contributed by atoms with Gasteiger partial charge in [0.15, 0.2) is 5.65 Å². The number of H-pyrrole nitrogens is 1. The third-order valence-corrected chi connectivity index (χ3v) is 3.83. The number of nitrogens with one attached hydrogen (secondary N) is 2. The smallest absolute Gasteiger partial charge is 0.226 e. The van der Waals surface area contributed by atoms with E-state index in [9.17, 15) is 0 Å². The number of aromatic amines is 1. The van der Waals surface area contributed by atoms with Crippen LogP contribution in [-0.2, 0) is 0 Å². The van der Waals surface area contributed by atoms with Gasteiger partial charge < -0.3 is 5.32 Å². The summed E-state index contributed by atoms with van der Waals surface area (Å²) in [5.74, 6) is 0.781. The maximum absolute atomic E-state index is 5.93. The highest BCUT2D eigenvalue weighted by Gasteiger charge is 2.27. The summed E-state index contributed by atoms with van der Waals surface area (Å²) in [4.78, 5) is 8.40. The summed E-state index contributed by atoms with van der Waals surface area (Å²) >= 11 is 5.93. The molecule has 2 aromatic heterocycles. The standard InChI is InChI=1S/C12H16ClN5/c1-12(5-3-2-4-6-12)17-9-8-7-14-18-10(8)16-11(13)15-9/h7H,2-6H2,1H3,(H2,14,15,16,17,18). The molecule has 0 saturated heterocycles. The van der Waals surface area contributed by atoms with Gasteiger partial charge in [-0.25, -0.2) is 0 Å². The number of rotatable bonds is 2. The van der Waals surface area contributed by atoms with Crippen molar-refractivity contribution >= 4 is 28.5 Å². The van der Waals surface area contributed by atoms with Gasteiger partial charge in [0.1, 0.15) is 5.82 Å². The van der Waals surface area contributed by atoms with Crippen LogP contribution in [0.2, 0.25) is 5.28 Å². The molecule has 0 radical (unpaired) electrons. The molecule has 0 spiro atoms. The second-order valence-electron chi connectivity index (χ2n) is 5.22. The highest BCUT2D eigenvalue weighted by Crippen LogP contribution is 2.32. The van der Waals surface area contributed by atoms with Crippen LogP contribution in [0.25, 0.3) is 11.0 Å². The fourth-order valence-electron chi connectivity index (χ4n) is 2.65. The van der Waals surface area contributed by atoms with Crippen molar-refractivity contribution < 1.29 is 0 Å². The van der Waals surface area contributed by atoms with Crippen LogP contribution in [0.4, 0.5) is 5.82 Å². The van der Waals surface area contributed by atoms with E-state index in [2.05, 4.69) is 32.4 Å². The summed E-state index contributed by atoms with van der Waals surface area (Å²) < 4.78 is 0. The van der Waals surface area contributed by atoms with Gasteiger partial charge in [0.05, 0.1) is 11.6 Å². The Morgan fingerprint density at radius 1 is 1.28 bits per heavy atom. The summed E-state index contributed by atoms with van der Waals surface area (Å²) in [5, 5.41) is 11.5. The number of hydrogen-bond acceptors (Lipinski definition) is 4. The van der Waals surface area contributed by atoms with Gasteiger partial charge >= 0.3 is 0 Å². The molecule has 1 fully saturated rings. The maximum Gasteiger partial charge on any atom is 0.226 e. The predicted molar refractivity (Wildman–Crippen MR) is 71.8 cm³/mol. The minimum Gasteiger partial charge on any atom is -0.364 e. The number of aromatic nitrogens is 4. The number of halogens is 1. The van der Waals surface area contributed by atoms with Crippen LogP contribution < -0.4 is 5.32 Å². The zero-order valence-corrected chi connectivity index (χ0v) is 11.1. The highest BCUT2D eigenvalue weighted by atomic mass is 35.5. The first-order valence-electron chi connectivity index (χ1n) is 6.31. The van der Waals surface area contributed by atoms with Crippen molar-refractivity contribution in [3.05, 3.63) is 11.5 Å². The molecule has 2 heterocycles. The minimum atomic E-state index is 0.0974. The molecule has 0 aromatic carbocycles. The number of hydrogen-bond donors (Lipinski definition) is 2. The third kappa shape index (κ3) is 2.14. The Morgan fingerprint density at radius 3 is 2.83 bits per heavy atom. The SMILES string of the molecule is CC1(Nc2nc(Cl)nc3[nH]ncc23)CCCCC1. The lowest BCUT2D eigenvalue weighted by Crippen LogP contribution is -2.37. The zero-order chi connectivity index (χ0) is 12.6. The van der Waals surface area contributed by atoms with Crippen molar-refractivity contribution in [2.45, 2.75) is 44.6 Å². The molecule has 1 aliphatic rings. The summed E-state index contributed by atoms with van der Waals surface area (Å²) in [5.41, 5.74) is 0.775. The second kappa shape index (κ2) is 4.39. The van der Waals surface area contributed by atoms with Crippen LogP contribution in [0, 0.1) is 0 Å². The summed E-state index contributed by atoms with van der Waals surface area (Å²) in [6, 6.07) is 0. The molecule has 18 heavy (non-hydrogen) atoms. The lowest BCUT2D eigenvalue weighted by Gasteiger charge is -2.35. The number of fused-ring (bicyclic) bond motifs is 1. The molecule has 96 valence electrons. The van der Waals surface area contributed by atoms with Gasteiger partial charge in [-0.15, -0.1) is 0 Å². The van der Waals surface area contributed by atoms with Gasteiger partial charge in [-0.1, -0.05) is 19.3 Å². The zero-order valence-electron chi connectivity index (χ0n) is 10.3. The minimum absolute atomic E-state index is 0.0974. The molecular weight excluding hydrogens is 250 g/mol. The quantitative estimate of drug-likeness (QED) is 0.819. The Labute approximate surface area is 110 Å². The molecule has 2 N–H and O–H groups in total. The van der Waals surface area contributed by atoms with Gasteiger partial charge in [0, 0.05) is 5.54 Å². The fraction of sp³-hybridized carbons (Fsp3) is 0.583. The number of nitrogens with zero attached hydrogens (tertiary/aromatic N) is 3. The predicted octanol–water partition coefficient (Wildman–Crippen LogP) is 3.14. The van der Waals surface area contributed by atoms with E-state index in [1.54, 1.807) is 6.20 Å². The van der Waals surface area contributed by atoms with Crippen molar-refractivity contribution in [2.24, 2.45) is 0 Å². The van der Waals surface area contributed by atoms with Crippen molar-refractivity contribution in [2.75, 3.05) is 5.32 Å². The van der Waals surface area contributed by atoms with Crippen LogP contribution in [0.1, 0.15) is 39.0 Å². The van der Waals surface area contributed by atoms with Gasteiger partial charge in [-0.05, 0) is 31.4 Å². The first-order valence-corrected chi connectivity index (χ1v) is 6.69. The summed E-state index contributed by atoms with van der Waals surface area (Å²) in [6.45, 7) is 2.24. The van der Waals surface area contributed by atoms with Gasteiger partial charge in [-0.2, -0.15) is 15.1 Å². The second-order valence-corrected chi connectivity index (χ2v) is 5.56. The molecule has 2 aromatic rings. The highest BCUT2D eigenvalue weighted by molar-refractivity contribution is 6.28. The van der Waals surface area contributed by atoms with E-state index in [1.807, 2.05) is 0 Å².